The minimum absolute atomic E-state index is 0. The third-order valence-electron chi connectivity index (χ3n) is 3.95. The molecule has 0 aliphatic carbocycles. The number of hydrogen-bond acceptors (Lipinski definition) is 3. The zero-order valence-corrected chi connectivity index (χ0v) is 19.6. The number of carbonyl (C=O) groups is 1. The summed E-state index contributed by atoms with van der Waals surface area (Å²) in [7, 11) is 3.43. The van der Waals surface area contributed by atoms with Gasteiger partial charge in [0.1, 0.15) is 5.75 Å². The first-order valence-electron chi connectivity index (χ1n) is 9.22. The predicted molar refractivity (Wildman–Crippen MR) is 123 cm³/mol. The third kappa shape index (κ3) is 11.0. The van der Waals surface area contributed by atoms with E-state index in [1.807, 2.05) is 32.9 Å². The van der Waals surface area contributed by atoms with Gasteiger partial charge >= 0.3 is 0 Å². The minimum atomic E-state index is -0.357. The molecule has 0 bridgehead atoms. The first-order valence-corrected chi connectivity index (χ1v) is 9.22. The number of hydrogen-bond donors (Lipinski definition) is 3. The van der Waals surface area contributed by atoms with Crippen molar-refractivity contribution in [1.82, 2.24) is 16.0 Å². The van der Waals surface area contributed by atoms with Crippen LogP contribution in [0.1, 0.15) is 39.2 Å². The van der Waals surface area contributed by atoms with Gasteiger partial charge in [0.15, 0.2) is 5.96 Å². The first kappa shape index (κ1) is 25.5. The number of methoxy groups -OCH3 is 1. The van der Waals surface area contributed by atoms with Crippen LogP contribution in [0.2, 0.25) is 0 Å². The van der Waals surface area contributed by atoms with Crippen molar-refractivity contribution in [2.75, 3.05) is 33.8 Å². The van der Waals surface area contributed by atoms with Crippen molar-refractivity contribution in [1.29, 1.82) is 0 Å². The van der Waals surface area contributed by atoms with Gasteiger partial charge in [0.05, 0.1) is 7.11 Å². The van der Waals surface area contributed by atoms with Crippen LogP contribution in [0.25, 0.3) is 0 Å². The summed E-state index contributed by atoms with van der Waals surface area (Å²) >= 11 is 0. The van der Waals surface area contributed by atoms with Crippen LogP contribution in [0.5, 0.6) is 5.75 Å². The molecule has 1 aromatic carbocycles. The van der Waals surface area contributed by atoms with Gasteiger partial charge in [-0.3, -0.25) is 9.79 Å². The summed E-state index contributed by atoms with van der Waals surface area (Å²) < 4.78 is 5.17. The molecule has 0 atom stereocenters. The fourth-order valence-electron chi connectivity index (χ4n) is 2.30. The van der Waals surface area contributed by atoms with E-state index in [0.29, 0.717) is 13.1 Å². The smallest absolute Gasteiger partial charge is 0.225 e. The minimum Gasteiger partial charge on any atom is -0.497 e. The molecule has 3 N–H and O–H groups in total. The molecule has 0 unspecified atom stereocenters. The van der Waals surface area contributed by atoms with E-state index in [2.05, 4.69) is 33.1 Å². The van der Waals surface area contributed by atoms with Crippen molar-refractivity contribution < 1.29 is 9.53 Å². The van der Waals surface area contributed by atoms with Crippen LogP contribution < -0.4 is 20.7 Å². The molecule has 0 aromatic heterocycles. The van der Waals surface area contributed by atoms with Crippen molar-refractivity contribution in [3.63, 3.8) is 0 Å². The van der Waals surface area contributed by atoms with Crippen LogP contribution in [0.4, 0.5) is 0 Å². The van der Waals surface area contributed by atoms with Crippen LogP contribution in [-0.4, -0.2) is 45.7 Å². The Balaban J connectivity index is 0.00000676. The van der Waals surface area contributed by atoms with Crippen molar-refractivity contribution in [2.24, 2.45) is 10.4 Å². The fourth-order valence-corrected chi connectivity index (χ4v) is 2.30. The van der Waals surface area contributed by atoms with Gasteiger partial charge in [0, 0.05) is 32.1 Å². The lowest BCUT2D eigenvalue weighted by Gasteiger charge is -2.18. The lowest BCUT2D eigenvalue weighted by atomic mass is 9.96. The second-order valence-electron chi connectivity index (χ2n) is 7.24. The van der Waals surface area contributed by atoms with Crippen molar-refractivity contribution in [2.45, 2.75) is 40.0 Å². The molecule has 1 aromatic rings. The molecule has 7 heteroatoms. The van der Waals surface area contributed by atoms with Gasteiger partial charge in [-0.1, -0.05) is 32.9 Å². The van der Waals surface area contributed by atoms with Gasteiger partial charge in [-0.15, -0.1) is 24.0 Å². The Kier molecular flexibility index (Phi) is 12.9. The number of guanidine groups is 1. The molecule has 6 nitrogen and oxygen atoms in total. The van der Waals surface area contributed by atoms with Gasteiger partial charge < -0.3 is 20.7 Å². The monoisotopic (exact) mass is 490 g/mol. The average molecular weight is 490 g/mol. The number of aliphatic imine (C=N–C) groups is 1. The number of nitrogens with one attached hydrogen (secondary N) is 3. The van der Waals surface area contributed by atoms with Crippen molar-refractivity contribution >= 4 is 35.8 Å². The van der Waals surface area contributed by atoms with E-state index in [1.54, 1.807) is 14.2 Å². The number of benzene rings is 1. The summed E-state index contributed by atoms with van der Waals surface area (Å²) in [6.45, 7) is 7.80. The van der Waals surface area contributed by atoms with Crippen LogP contribution in [0, 0.1) is 5.41 Å². The topological polar surface area (TPSA) is 74.8 Å². The number of halogens is 1. The van der Waals surface area contributed by atoms with Gasteiger partial charge in [0.2, 0.25) is 5.91 Å². The molecule has 0 saturated carbocycles. The summed E-state index contributed by atoms with van der Waals surface area (Å²) in [5.74, 6) is 1.71. The van der Waals surface area contributed by atoms with Crippen LogP contribution in [-0.2, 0) is 11.2 Å². The van der Waals surface area contributed by atoms with Gasteiger partial charge in [-0.25, -0.2) is 0 Å². The highest BCUT2D eigenvalue weighted by Gasteiger charge is 2.20. The predicted octanol–water partition coefficient (Wildman–Crippen LogP) is 2.96. The summed E-state index contributed by atoms with van der Waals surface area (Å²) in [5.41, 5.74) is 0.965. The maximum Gasteiger partial charge on any atom is 0.225 e. The number of ether oxygens (including phenoxy) is 1. The summed E-state index contributed by atoms with van der Waals surface area (Å²) in [4.78, 5) is 16.0. The van der Waals surface area contributed by atoms with Crippen molar-refractivity contribution in [3.8, 4) is 5.75 Å². The SMILES string of the molecule is CN=C(NCCCCc1ccc(OC)cc1)NCCNC(=O)C(C)(C)C.I. The Labute approximate surface area is 181 Å². The van der Waals surface area contributed by atoms with Gasteiger partial charge in [-0.05, 0) is 37.0 Å². The molecule has 0 heterocycles. The Hall–Kier alpha value is -1.51. The largest absolute Gasteiger partial charge is 0.497 e. The maximum atomic E-state index is 11.8. The molecule has 154 valence electrons. The Morgan fingerprint density at radius 1 is 1.00 bits per heavy atom. The fraction of sp³-hybridized carbons (Fsp3) is 0.600. The number of amides is 1. The molecular weight excluding hydrogens is 455 g/mol. The van der Waals surface area contributed by atoms with Crippen LogP contribution in [0.3, 0.4) is 0 Å². The van der Waals surface area contributed by atoms with Crippen LogP contribution >= 0.6 is 24.0 Å². The lowest BCUT2D eigenvalue weighted by molar-refractivity contribution is -0.128. The molecule has 27 heavy (non-hydrogen) atoms. The normalized spacial score (nSPS) is 11.4. The highest BCUT2D eigenvalue weighted by Crippen LogP contribution is 2.13. The number of nitrogens with zero attached hydrogens (tertiary/aromatic N) is 1. The Bertz CT molecular complexity index is 568. The number of aryl methyl sites for hydroxylation is 1. The molecule has 0 fully saturated rings. The number of unbranched alkanes of at least 4 members (excludes halogenated alkanes) is 1. The number of rotatable bonds is 9. The number of carbonyl (C=O) groups excluding carboxylic acids is 1. The van der Waals surface area contributed by atoms with Gasteiger partial charge in [0.25, 0.3) is 0 Å². The average Bonchev–Trinajstić information content (AvgIpc) is 2.62. The third-order valence-corrected chi connectivity index (χ3v) is 3.95. The molecule has 0 aliphatic heterocycles. The van der Waals surface area contributed by atoms with E-state index in [4.69, 9.17) is 4.74 Å². The Morgan fingerprint density at radius 3 is 2.15 bits per heavy atom. The molecule has 1 amide bonds. The highest BCUT2D eigenvalue weighted by molar-refractivity contribution is 14.0. The van der Waals surface area contributed by atoms with Crippen molar-refractivity contribution in [3.05, 3.63) is 29.8 Å². The second-order valence-corrected chi connectivity index (χ2v) is 7.24. The maximum absolute atomic E-state index is 11.8. The van der Waals surface area contributed by atoms with E-state index in [9.17, 15) is 4.79 Å². The van der Waals surface area contributed by atoms with E-state index in [-0.39, 0.29) is 35.3 Å². The standard InChI is InChI=1S/C20H34N4O2.HI/c1-20(2,3)18(25)22-14-15-24-19(21-4)23-13-7-6-8-16-9-11-17(26-5)12-10-16;/h9-12H,6-8,13-15H2,1-5H3,(H,22,25)(H2,21,23,24);1H. The molecule has 0 spiro atoms. The van der Waals surface area contributed by atoms with Gasteiger partial charge in [-0.2, -0.15) is 0 Å². The molecule has 0 saturated heterocycles. The van der Waals surface area contributed by atoms with E-state index >= 15 is 0 Å². The zero-order chi connectivity index (χ0) is 19.4. The highest BCUT2D eigenvalue weighted by atomic mass is 127. The molecule has 0 radical (unpaired) electrons. The molecular formula is C20H35IN4O2. The lowest BCUT2D eigenvalue weighted by Crippen LogP contribution is -2.43. The first-order chi connectivity index (χ1) is 12.4. The zero-order valence-electron chi connectivity index (χ0n) is 17.2. The summed E-state index contributed by atoms with van der Waals surface area (Å²) in [6, 6.07) is 8.22. The summed E-state index contributed by atoms with van der Waals surface area (Å²) in [6.07, 6.45) is 3.22. The van der Waals surface area contributed by atoms with E-state index < -0.39 is 0 Å². The quantitative estimate of drug-likeness (QED) is 0.215. The van der Waals surface area contributed by atoms with Crippen LogP contribution in [0.15, 0.2) is 29.3 Å². The van der Waals surface area contributed by atoms with E-state index in [0.717, 1.165) is 37.5 Å². The molecule has 0 aliphatic rings. The van der Waals surface area contributed by atoms with E-state index in [1.165, 1.54) is 5.56 Å². The second kappa shape index (κ2) is 13.6. The Morgan fingerprint density at radius 2 is 1.59 bits per heavy atom. The summed E-state index contributed by atoms with van der Waals surface area (Å²) in [5, 5.41) is 9.42. The molecule has 1 rings (SSSR count).